The molecule has 0 aliphatic heterocycles. The first-order valence-corrected chi connectivity index (χ1v) is 3.52. The molecule has 3 heteroatoms. The minimum absolute atomic E-state index is 0.683. The zero-order valence-corrected chi connectivity index (χ0v) is 7.54. The summed E-state index contributed by atoms with van der Waals surface area (Å²) in [4.78, 5) is 11.5. The van der Waals surface area contributed by atoms with E-state index >= 15 is 0 Å². The van der Waals surface area contributed by atoms with E-state index in [1.54, 1.807) is 0 Å². The van der Waals surface area contributed by atoms with Crippen molar-refractivity contribution in [2.24, 2.45) is 0 Å². The molecule has 2 nitrogen and oxygen atoms in total. The molecule has 0 radical (unpaired) electrons. The zero-order chi connectivity index (χ0) is 30.0. The third-order valence-corrected chi connectivity index (χ3v) is 0.755. The molecular weight excluding hydrogens is 196 g/mol. The van der Waals surface area contributed by atoms with E-state index in [-0.39, 0.29) is 0 Å². The van der Waals surface area contributed by atoms with Crippen molar-refractivity contribution in [3.8, 4) is 0 Å². The Labute approximate surface area is 123 Å². The van der Waals surface area contributed by atoms with E-state index in [0.29, 0.717) is 0 Å². The van der Waals surface area contributed by atoms with Gasteiger partial charge >= 0.3 is 5.97 Å². The maximum Gasteiger partial charge on any atom is 0.303 e. The molecule has 0 heterocycles. The molecule has 0 spiro atoms. The quantitative estimate of drug-likeness (QED) is 0.542. The second-order valence-electron chi connectivity index (χ2n) is 1.51. The second-order valence-corrected chi connectivity index (χ2v) is 1.72. The third kappa shape index (κ3) is 11.8. The average Bonchev–Trinajstić information content (AvgIpc) is 2.71. The SMILES string of the molecule is [2H]OC(=O)C([2H])([2H])C([2H])([2H])C([2H])([2H])C([2H])([2H])C([2H])([2H])C([2H])([2H])C([2H])([2H])C([2H])([2H])C([2H])([2H])C([2H])([2H])S[2H]. The number of carbonyl (C=O) groups is 1. The molecule has 0 aromatic heterocycles. The van der Waals surface area contributed by atoms with E-state index < -0.39 is 81.6 Å². The molecule has 0 aromatic rings. The summed E-state index contributed by atoms with van der Waals surface area (Å²) in [6.07, 6.45) is -40.4. The molecule has 0 aromatic carbocycles. The molecule has 0 bridgehead atoms. The molecule has 0 unspecified atom stereocenters. The van der Waals surface area contributed by atoms with E-state index in [1.165, 1.54) is 0 Å². The van der Waals surface area contributed by atoms with Crippen LogP contribution in [0, 0.1) is 0 Å². The van der Waals surface area contributed by atoms with Crippen LogP contribution in [0.1, 0.15) is 84.8 Å². The van der Waals surface area contributed by atoms with Gasteiger partial charge in [-0.1, -0.05) is 38.2 Å². The highest BCUT2D eigenvalue weighted by Crippen LogP contribution is 2.09. The minimum atomic E-state index is -4.70. The van der Waals surface area contributed by atoms with E-state index in [1.807, 2.05) is 0 Å². The maximum absolute atomic E-state index is 11.5. The van der Waals surface area contributed by atoms with Crippen LogP contribution in [0.4, 0.5) is 0 Å². The summed E-state index contributed by atoms with van der Waals surface area (Å²) < 4.78 is 169. The summed E-state index contributed by atoms with van der Waals surface area (Å²) in [7, 11) is 0. The molecule has 0 saturated heterocycles. The summed E-state index contributed by atoms with van der Waals surface area (Å²) in [5, 5.41) is 3.28. The summed E-state index contributed by atoms with van der Waals surface area (Å²) in [5.41, 5.74) is -3.58. The van der Waals surface area contributed by atoms with Gasteiger partial charge in [0.25, 0.3) is 1.43 Å². The second kappa shape index (κ2) is 10.9. The number of aliphatic carboxylic acids is 1. The highest BCUT2D eigenvalue weighted by molar-refractivity contribution is 7.80. The van der Waals surface area contributed by atoms with Crippen molar-refractivity contribution in [2.45, 2.75) is 57.4 Å². The molecule has 14 heavy (non-hydrogen) atoms. The lowest BCUT2D eigenvalue weighted by Crippen LogP contribution is -1.93. The van der Waals surface area contributed by atoms with Crippen molar-refractivity contribution in [3.63, 3.8) is 0 Å². The first-order valence-electron chi connectivity index (χ1n) is 13.9. The predicted molar refractivity (Wildman–Crippen MR) is 63.0 cm³/mol. The number of thiol groups is 1. The van der Waals surface area contributed by atoms with Crippen LogP contribution in [-0.4, -0.2) is 17.9 Å². The van der Waals surface area contributed by atoms with Crippen LogP contribution >= 0.6 is 12.5 Å². The van der Waals surface area contributed by atoms with Crippen molar-refractivity contribution in [1.82, 2.24) is 0 Å². The Morgan fingerprint density at radius 2 is 1.71 bits per heavy atom. The van der Waals surface area contributed by atoms with Crippen LogP contribution in [0.3, 0.4) is 0 Å². The van der Waals surface area contributed by atoms with Gasteiger partial charge in [-0.2, -0.15) is 12.5 Å². The van der Waals surface area contributed by atoms with Crippen LogP contribution in [0.25, 0.3) is 1.43 Å². The van der Waals surface area contributed by atoms with Crippen molar-refractivity contribution in [3.05, 3.63) is 0 Å². The summed E-state index contributed by atoms with van der Waals surface area (Å²) in [5.74, 6) is -2.38. The van der Waals surface area contributed by atoms with E-state index in [9.17, 15) is 4.79 Å². The normalized spacial score (nSPS) is 43.4. The standard InChI is InChI=1S/C11H22O2S/c12-11(13)9-7-5-3-1-2-4-6-8-10-14/h14H,1-10H2,(H,12,13)/i1D2,2D2,3D2,4D2,5D2,6D2,7D2,8D2,9D2,10D2/hD2. The molecule has 84 valence electrons. The Morgan fingerprint density at radius 1 is 1.14 bits per heavy atom. The van der Waals surface area contributed by atoms with E-state index in [2.05, 4.69) is 5.11 Å². The van der Waals surface area contributed by atoms with Gasteiger partial charge in [0.05, 0.1) is 0 Å². The molecule has 0 aliphatic carbocycles. The summed E-state index contributed by atoms with van der Waals surface area (Å²) >= 11 is -0.683. The van der Waals surface area contributed by atoms with E-state index in [0.717, 1.165) is 0 Å². The molecule has 1 N–H and O–H groups in total. The number of carboxylic acid groups (broad SMARTS) is 1. The summed E-state index contributed by atoms with van der Waals surface area (Å²) in [6.45, 7) is 0. The molecule has 0 atom stereocenters. The molecule has 0 aliphatic rings. The topological polar surface area (TPSA) is 37.3 Å². The Balaban J connectivity index is 7.14. The number of hydrogen-bond acceptors (Lipinski definition) is 3. The van der Waals surface area contributed by atoms with Gasteiger partial charge in [-0.05, 0) is 18.5 Å². The van der Waals surface area contributed by atoms with Crippen LogP contribution in [0.5, 0.6) is 0 Å². The molecule has 0 fully saturated rings. The lowest BCUT2D eigenvalue weighted by Gasteiger charge is -2.00. The monoisotopic (exact) mass is 240 g/mol. The highest BCUT2D eigenvalue weighted by Gasteiger charge is 1.96. The van der Waals surface area contributed by atoms with Gasteiger partial charge in [-0.15, -0.1) is 0 Å². The molecule has 0 saturated carbocycles. The smallest absolute Gasteiger partial charge is 0.303 e. The van der Waals surface area contributed by atoms with Crippen molar-refractivity contribution >= 4 is 18.5 Å². The Morgan fingerprint density at radius 3 is 2.29 bits per heavy atom. The Kier molecular flexibility index (Phi) is 1.46. The highest BCUT2D eigenvalue weighted by atomic mass is 32.1. The molecule has 0 amide bonds. The van der Waals surface area contributed by atoms with Gasteiger partial charge in [0.1, 0.15) is 1.12 Å². The Bertz CT molecular complexity index is 832. The number of carboxylic acids is 1. The van der Waals surface area contributed by atoms with Gasteiger partial charge < -0.3 is 5.11 Å². The average molecular weight is 240 g/mol. The molecule has 0 rings (SSSR count). The van der Waals surface area contributed by atoms with Crippen LogP contribution in [0.15, 0.2) is 0 Å². The van der Waals surface area contributed by atoms with Crippen molar-refractivity contribution in [2.75, 3.05) is 5.70 Å². The molecular formula is C11H22O2S. The number of hydrogen-bond donors (Lipinski definition) is 2. The minimum Gasteiger partial charge on any atom is -0.481 e. The zero-order valence-electron chi connectivity index (χ0n) is 28.7. The van der Waals surface area contributed by atoms with Gasteiger partial charge in [-0.25, -0.2) is 0 Å². The van der Waals surface area contributed by atoms with Gasteiger partial charge in [0, 0.05) is 33.8 Å². The van der Waals surface area contributed by atoms with E-state index in [4.69, 9.17) is 30.0 Å². The van der Waals surface area contributed by atoms with Gasteiger partial charge in [0.15, 0.2) is 0 Å². The van der Waals surface area contributed by atoms with Crippen LogP contribution in [0.2, 0.25) is 0 Å². The lowest BCUT2D eigenvalue weighted by molar-refractivity contribution is -0.137. The van der Waals surface area contributed by atoms with Crippen LogP contribution in [-0.2, 0) is 4.79 Å². The summed E-state index contributed by atoms with van der Waals surface area (Å²) in [6, 6.07) is 0. The fraction of sp³-hybridized carbons (Fsp3) is 0.909. The third-order valence-electron chi connectivity index (χ3n) is 0.653. The predicted octanol–water partition coefficient (Wildman–Crippen LogP) is 3.51. The fourth-order valence-corrected chi connectivity index (χ4v) is 0.346. The largest absolute Gasteiger partial charge is 0.481 e. The van der Waals surface area contributed by atoms with Crippen molar-refractivity contribution < 1.29 is 37.3 Å². The van der Waals surface area contributed by atoms with Crippen molar-refractivity contribution in [1.29, 1.82) is 2.55 Å². The van der Waals surface area contributed by atoms with Gasteiger partial charge in [-0.3, -0.25) is 4.79 Å². The first kappa shape index (κ1) is 1.87. The number of rotatable bonds is 11. The first-order chi connectivity index (χ1) is 15.3. The fourth-order valence-electron chi connectivity index (χ4n) is 0.295. The van der Waals surface area contributed by atoms with Gasteiger partial charge in [0.2, 0.25) is 0 Å². The van der Waals surface area contributed by atoms with Crippen LogP contribution < -0.4 is 0 Å². The maximum atomic E-state index is 11.5. The lowest BCUT2D eigenvalue weighted by atomic mass is 10.1. The Hall–Kier alpha value is -0.180.